The third kappa shape index (κ3) is 4.11. The molecule has 12 nitrogen and oxygen atoms in total. The highest BCUT2D eigenvalue weighted by molar-refractivity contribution is 7.88. The number of rotatable bonds is 6. The van der Waals surface area contributed by atoms with Crippen molar-refractivity contribution in [2.45, 2.75) is 30.9 Å². The first-order valence-corrected chi connectivity index (χ1v) is 13.4. The van der Waals surface area contributed by atoms with Gasteiger partial charge in [-0.1, -0.05) is 6.07 Å². The third-order valence-electron chi connectivity index (χ3n) is 7.46. The number of aromatic hydroxyl groups is 1. The molecule has 1 aromatic rings. The number of ketones is 2. The maximum Gasteiger partial charge on any atom is 0.255 e. The number of benzene rings is 1. The molecule has 3 aliphatic carbocycles. The molecular formula is C24H29N3O9S. The second-order valence-corrected chi connectivity index (χ2v) is 11.8. The molecule has 0 saturated carbocycles. The van der Waals surface area contributed by atoms with Gasteiger partial charge in [0.25, 0.3) is 5.91 Å². The van der Waals surface area contributed by atoms with Gasteiger partial charge in [0.15, 0.2) is 11.4 Å². The van der Waals surface area contributed by atoms with E-state index in [1.165, 1.54) is 11.0 Å². The van der Waals surface area contributed by atoms with E-state index in [1.807, 2.05) is 0 Å². The van der Waals surface area contributed by atoms with Crippen LogP contribution in [0.15, 0.2) is 34.8 Å². The van der Waals surface area contributed by atoms with E-state index in [0.717, 1.165) is 6.26 Å². The number of aliphatic hydroxyl groups excluding tert-OH is 2. The van der Waals surface area contributed by atoms with Crippen LogP contribution >= 0.6 is 0 Å². The largest absolute Gasteiger partial charge is 0.510 e. The SMILES string of the molecule is CN(C)[C@@H]1C(O)=C(C(N)=O)C(=O)[C@@]2(O)C(O)=C3C(=O)c4c(O)ccc(CCNS(C)(=O)=O)c4CC3C[C@@H]12. The first-order valence-electron chi connectivity index (χ1n) is 11.5. The Kier molecular flexibility index (Phi) is 6.47. The molecule has 4 atom stereocenters. The van der Waals surface area contributed by atoms with Crippen molar-refractivity contribution < 1.29 is 43.2 Å². The van der Waals surface area contributed by atoms with Crippen LogP contribution in [-0.2, 0) is 32.5 Å². The van der Waals surface area contributed by atoms with E-state index in [1.54, 1.807) is 20.2 Å². The van der Waals surface area contributed by atoms with E-state index in [0.29, 0.717) is 11.1 Å². The van der Waals surface area contributed by atoms with Crippen LogP contribution in [0, 0.1) is 11.8 Å². The number of phenols is 1. The van der Waals surface area contributed by atoms with Crippen molar-refractivity contribution >= 4 is 27.5 Å². The lowest BCUT2D eigenvalue weighted by Crippen LogP contribution is -2.63. The van der Waals surface area contributed by atoms with Gasteiger partial charge in [-0.2, -0.15) is 0 Å². The normalized spacial score (nSPS) is 27.8. The first kappa shape index (κ1) is 26.8. The molecule has 0 saturated heterocycles. The number of Topliss-reactive ketones (excluding diaryl/α,β-unsaturated/α-hetero) is 2. The van der Waals surface area contributed by atoms with Crippen LogP contribution in [0.5, 0.6) is 5.75 Å². The molecule has 37 heavy (non-hydrogen) atoms. The number of allylic oxidation sites excluding steroid dienone is 1. The zero-order valence-corrected chi connectivity index (χ0v) is 21.3. The number of phenolic OH excluding ortho intramolecular Hbond substituents is 1. The number of likely N-dealkylation sites (N-methyl/N-ethyl adjacent to an activating group) is 1. The van der Waals surface area contributed by atoms with Crippen LogP contribution in [0.25, 0.3) is 0 Å². The van der Waals surface area contributed by atoms with E-state index in [4.69, 9.17) is 5.73 Å². The summed E-state index contributed by atoms with van der Waals surface area (Å²) in [7, 11) is -0.341. The number of nitrogens with two attached hydrogens (primary N) is 1. The number of carbonyl (C=O) groups is 3. The molecule has 3 aliphatic rings. The minimum absolute atomic E-state index is 0.0253. The van der Waals surface area contributed by atoms with Gasteiger partial charge in [-0.15, -0.1) is 0 Å². The minimum Gasteiger partial charge on any atom is -0.510 e. The van der Waals surface area contributed by atoms with E-state index in [-0.39, 0.29) is 42.7 Å². The molecule has 0 aliphatic heterocycles. The van der Waals surface area contributed by atoms with E-state index >= 15 is 0 Å². The Bertz CT molecular complexity index is 1400. The molecule has 0 aromatic heterocycles. The predicted molar refractivity (Wildman–Crippen MR) is 130 cm³/mol. The summed E-state index contributed by atoms with van der Waals surface area (Å²) in [5, 5.41) is 44.1. The standard InChI is InChI=1S/C24H29N3O9S/c1-27(2)18-13-9-11-8-12-10(6-7-26-37(3,35)36)4-5-14(28)16(12)19(29)15(11)21(31)24(13,34)22(32)17(20(18)30)23(25)33/h4-5,11,13,18,26,28,30-31,34H,6-9H2,1-3H3,(H2,25,33)/t11?,13-,18-,24-/m0/s1. The lowest BCUT2D eigenvalue weighted by atomic mass is 9.58. The molecule has 13 heteroatoms. The average molecular weight is 536 g/mol. The number of sulfonamides is 1. The van der Waals surface area contributed by atoms with Crippen molar-refractivity contribution in [1.82, 2.24) is 9.62 Å². The van der Waals surface area contributed by atoms with Crippen molar-refractivity contribution in [3.05, 3.63) is 51.5 Å². The Balaban J connectivity index is 1.86. The second-order valence-electron chi connectivity index (χ2n) is 9.98. The molecule has 0 bridgehead atoms. The summed E-state index contributed by atoms with van der Waals surface area (Å²) in [5.41, 5.74) is 2.47. The van der Waals surface area contributed by atoms with Crippen molar-refractivity contribution in [3.8, 4) is 5.75 Å². The van der Waals surface area contributed by atoms with Gasteiger partial charge in [-0.3, -0.25) is 19.3 Å². The number of hydrogen-bond donors (Lipinski definition) is 6. The number of nitrogens with one attached hydrogen (secondary N) is 1. The summed E-state index contributed by atoms with van der Waals surface area (Å²) in [6.45, 7) is 0.0526. The molecular weight excluding hydrogens is 506 g/mol. The maximum atomic E-state index is 13.6. The van der Waals surface area contributed by atoms with Gasteiger partial charge in [-0.05, 0) is 56.5 Å². The average Bonchev–Trinajstić information content (AvgIpc) is 2.76. The number of primary amides is 1. The van der Waals surface area contributed by atoms with Crippen LogP contribution in [0.3, 0.4) is 0 Å². The van der Waals surface area contributed by atoms with E-state index < -0.39 is 68.1 Å². The van der Waals surface area contributed by atoms with E-state index in [2.05, 4.69) is 4.72 Å². The van der Waals surface area contributed by atoms with Crippen molar-refractivity contribution in [2.24, 2.45) is 17.6 Å². The maximum absolute atomic E-state index is 13.6. The fourth-order valence-electron chi connectivity index (χ4n) is 5.92. The van der Waals surface area contributed by atoms with Crippen LogP contribution in [0.2, 0.25) is 0 Å². The summed E-state index contributed by atoms with van der Waals surface area (Å²) in [5.74, 6) is -7.14. The highest BCUT2D eigenvalue weighted by Gasteiger charge is 2.63. The van der Waals surface area contributed by atoms with Crippen LogP contribution in [0.4, 0.5) is 0 Å². The molecule has 0 spiro atoms. The summed E-state index contributed by atoms with van der Waals surface area (Å²) < 4.78 is 25.3. The monoisotopic (exact) mass is 535 g/mol. The Hall–Kier alpha value is -3.26. The number of fused-ring (bicyclic) bond motifs is 3. The van der Waals surface area contributed by atoms with Gasteiger partial charge in [0, 0.05) is 18.0 Å². The van der Waals surface area contributed by atoms with Gasteiger partial charge in [0.05, 0.1) is 17.9 Å². The van der Waals surface area contributed by atoms with Crippen molar-refractivity contribution in [2.75, 3.05) is 26.9 Å². The predicted octanol–water partition coefficient (Wildman–Crippen LogP) is -0.788. The molecule has 7 N–H and O–H groups in total. The molecule has 200 valence electrons. The van der Waals surface area contributed by atoms with Gasteiger partial charge >= 0.3 is 0 Å². The summed E-state index contributed by atoms with van der Waals surface area (Å²) in [4.78, 5) is 40.4. The third-order valence-corrected chi connectivity index (χ3v) is 8.19. The van der Waals surface area contributed by atoms with Gasteiger partial charge in [0.2, 0.25) is 15.8 Å². The number of carbonyl (C=O) groups excluding carboxylic acids is 3. The number of aliphatic hydroxyl groups is 3. The van der Waals surface area contributed by atoms with Crippen molar-refractivity contribution in [1.29, 1.82) is 0 Å². The Morgan fingerprint density at radius 2 is 1.86 bits per heavy atom. The Morgan fingerprint density at radius 3 is 2.43 bits per heavy atom. The van der Waals surface area contributed by atoms with Crippen LogP contribution in [0.1, 0.15) is 27.9 Å². The highest BCUT2D eigenvalue weighted by atomic mass is 32.2. The first-order chi connectivity index (χ1) is 17.1. The molecule has 0 fully saturated rings. The second kappa shape index (κ2) is 8.94. The highest BCUT2D eigenvalue weighted by Crippen LogP contribution is 2.52. The quantitative estimate of drug-likeness (QED) is 0.250. The zero-order valence-electron chi connectivity index (χ0n) is 20.5. The summed E-state index contributed by atoms with van der Waals surface area (Å²) >= 11 is 0. The summed E-state index contributed by atoms with van der Waals surface area (Å²) in [6, 6.07) is 1.79. The topological polar surface area (TPSA) is 208 Å². The number of hydrogen-bond acceptors (Lipinski definition) is 10. The zero-order chi connectivity index (χ0) is 27.6. The lowest BCUT2D eigenvalue weighted by molar-refractivity contribution is -0.148. The van der Waals surface area contributed by atoms with Gasteiger partial charge in [-0.25, -0.2) is 13.1 Å². The van der Waals surface area contributed by atoms with E-state index in [9.17, 15) is 43.2 Å². The lowest BCUT2D eigenvalue weighted by Gasteiger charge is -2.50. The Morgan fingerprint density at radius 1 is 1.22 bits per heavy atom. The smallest absolute Gasteiger partial charge is 0.255 e. The Labute approximate surface area is 213 Å². The minimum atomic E-state index is -3.45. The molecule has 0 heterocycles. The molecule has 1 unspecified atom stereocenters. The fraction of sp³-hybridized carbons (Fsp3) is 0.458. The van der Waals surface area contributed by atoms with Crippen LogP contribution in [-0.4, -0.2) is 89.8 Å². The van der Waals surface area contributed by atoms with Gasteiger partial charge < -0.3 is 26.2 Å². The molecule has 4 rings (SSSR count). The summed E-state index contributed by atoms with van der Waals surface area (Å²) in [6.07, 6.45) is 1.35. The number of nitrogens with zero attached hydrogens (tertiary/aromatic N) is 1. The molecule has 1 aromatic carbocycles. The van der Waals surface area contributed by atoms with Crippen LogP contribution < -0.4 is 10.5 Å². The van der Waals surface area contributed by atoms with Gasteiger partial charge in [0.1, 0.15) is 22.8 Å². The molecule has 0 radical (unpaired) electrons. The van der Waals surface area contributed by atoms with Crippen molar-refractivity contribution in [3.63, 3.8) is 0 Å². The number of amides is 1. The fourth-order valence-corrected chi connectivity index (χ4v) is 6.39. The molecule has 1 amide bonds.